The lowest BCUT2D eigenvalue weighted by Crippen LogP contribution is -2.14. The predicted molar refractivity (Wildman–Crippen MR) is 114 cm³/mol. The summed E-state index contributed by atoms with van der Waals surface area (Å²) < 4.78 is 4.03. The highest BCUT2D eigenvalue weighted by atomic mass is 32.1. The molecule has 0 unspecified atom stereocenters. The molecule has 4 aromatic rings. The van der Waals surface area contributed by atoms with Crippen molar-refractivity contribution in [3.63, 3.8) is 0 Å². The summed E-state index contributed by atoms with van der Waals surface area (Å²) >= 11 is 1.73. The summed E-state index contributed by atoms with van der Waals surface area (Å²) in [5.41, 5.74) is 5.47. The minimum absolute atomic E-state index is 0.0973. The summed E-state index contributed by atoms with van der Waals surface area (Å²) in [7, 11) is 0. The van der Waals surface area contributed by atoms with Gasteiger partial charge in [0.25, 0.3) is 5.91 Å². The fraction of sp³-hybridized carbons (Fsp3) is 0.182. The predicted octanol–water partition coefficient (Wildman–Crippen LogP) is 4.96. The summed E-state index contributed by atoms with van der Waals surface area (Å²) in [5, 5.41) is 9.43. The molecule has 5 nitrogen and oxygen atoms in total. The van der Waals surface area contributed by atoms with E-state index >= 15 is 0 Å². The number of rotatable bonds is 5. The topological polar surface area (TPSA) is 51.9 Å². The molecule has 28 heavy (non-hydrogen) atoms. The van der Waals surface area contributed by atoms with Gasteiger partial charge in [0.05, 0.1) is 17.8 Å². The summed E-state index contributed by atoms with van der Waals surface area (Å²) in [6, 6.07) is 15.8. The van der Waals surface area contributed by atoms with Gasteiger partial charge in [0.1, 0.15) is 0 Å². The maximum absolute atomic E-state index is 12.9. The second-order valence-electron chi connectivity index (χ2n) is 6.84. The number of nitrogens with one attached hydrogen (secondary N) is 1. The van der Waals surface area contributed by atoms with Gasteiger partial charge in [-0.2, -0.15) is 5.10 Å². The van der Waals surface area contributed by atoms with Crippen molar-refractivity contribution in [2.24, 2.45) is 0 Å². The third kappa shape index (κ3) is 3.51. The molecule has 6 heteroatoms. The first kappa shape index (κ1) is 18.3. The van der Waals surface area contributed by atoms with Gasteiger partial charge in [0, 0.05) is 33.8 Å². The van der Waals surface area contributed by atoms with Crippen molar-refractivity contribution >= 4 is 22.9 Å². The fourth-order valence-corrected chi connectivity index (χ4v) is 4.08. The van der Waals surface area contributed by atoms with E-state index in [0.717, 1.165) is 35.0 Å². The van der Waals surface area contributed by atoms with Crippen LogP contribution in [0.5, 0.6) is 0 Å². The van der Waals surface area contributed by atoms with Crippen molar-refractivity contribution in [2.45, 2.75) is 27.3 Å². The lowest BCUT2D eigenvalue weighted by atomic mass is 10.2. The van der Waals surface area contributed by atoms with Crippen LogP contribution < -0.4 is 5.32 Å². The minimum atomic E-state index is -0.0973. The molecular weight excluding hydrogens is 368 g/mol. The lowest BCUT2D eigenvalue weighted by molar-refractivity contribution is 0.102. The molecule has 0 aliphatic heterocycles. The average molecular weight is 391 g/mol. The molecule has 4 rings (SSSR count). The molecule has 1 aromatic carbocycles. The number of anilines is 1. The Morgan fingerprint density at radius 1 is 1.07 bits per heavy atom. The molecule has 0 radical (unpaired) electrons. The second kappa shape index (κ2) is 7.48. The Morgan fingerprint density at radius 3 is 2.64 bits per heavy atom. The molecule has 3 heterocycles. The zero-order chi connectivity index (χ0) is 19.7. The number of carbonyl (C=O) groups is 1. The van der Waals surface area contributed by atoms with E-state index in [-0.39, 0.29) is 5.91 Å². The maximum atomic E-state index is 12.9. The van der Waals surface area contributed by atoms with Crippen LogP contribution in [0.25, 0.3) is 5.69 Å². The van der Waals surface area contributed by atoms with E-state index in [2.05, 4.69) is 32.5 Å². The van der Waals surface area contributed by atoms with Crippen LogP contribution in [-0.2, 0) is 6.54 Å². The molecular formula is C22H22N4OS. The van der Waals surface area contributed by atoms with Crippen molar-refractivity contribution in [1.82, 2.24) is 14.3 Å². The van der Waals surface area contributed by atoms with Gasteiger partial charge in [-0.15, -0.1) is 11.3 Å². The Labute approximate surface area is 168 Å². The molecule has 3 aromatic heterocycles. The van der Waals surface area contributed by atoms with Crippen LogP contribution in [0.15, 0.2) is 60.1 Å². The van der Waals surface area contributed by atoms with E-state index in [9.17, 15) is 4.79 Å². The molecule has 1 amide bonds. The number of carbonyl (C=O) groups excluding carboxylic acids is 1. The number of benzene rings is 1. The normalized spacial score (nSPS) is 11.0. The van der Waals surface area contributed by atoms with E-state index in [0.29, 0.717) is 5.56 Å². The summed E-state index contributed by atoms with van der Waals surface area (Å²) in [4.78, 5) is 14.2. The van der Waals surface area contributed by atoms with Crippen LogP contribution in [0, 0.1) is 20.8 Å². The van der Waals surface area contributed by atoms with Gasteiger partial charge in [-0.1, -0.05) is 12.1 Å². The quantitative estimate of drug-likeness (QED) is 0.523. The van der Waals surface area contributed by atoms with Gasteiger partial charge in [-0.3, -0.25) is 4.79 Å². The Bertz CT molecular complexity index is 1120. The lowest BCUT2D eigenvalue weighted by Gasteiger charge is -2.10. The first-order valence-corrected chi connectivity index (χ1v) is 10.0. The monoisotopic (exact) mass is 390 g/mol. The highest BCUT2D eigenvalue weighted by molar-refractivity contribution is 7.09. The van der Waals surface area contributed by atoms with Crippen LogP contribution in [0.1, 0.15) is 32.3 Å². The average Bonchev–Trinajstić information content (AvgIpc) is 3.40. The zero-order valence-corrected chi connectivity index (χ0v) is 17.0. The first-order valence-electron chi connectivity index (χ1n) is 9.14. The van der Waals surface area contributed by atoms with Gasteiger partial charge in [-0.05, 0) is 62.5 Å². The maximum Gasteiger partial charge on any atom is 0.257 e. The Kier molecular flexibility index (Phi) is 4.88. The number of thiophene rings is 1. The van der Waals surface area contributed by atoms with E-state index in [1.165, 1.54) is 4.88 Å². The number of aryl methyl sites for hydroxylation is 2. The molecule has 142 valence electrons. The molecule has 0 fully saturated rings. The number of nitrogens with zero attached hydrogens (tertiary/aromatic N) is 3. The highest BCUT2D eigenvalue weighted by Gasteiger charge is 2.16. The molecule has 0 atom stereocenters. The van der Waals surface area contributed by atoms with Gasteiger partial charge in [-0.25, -0.2) is 4.68 Å². The summed E-state index contributed by atoms with van der Waals surface area (Å²) in [5.74, 6) is -0.0973. The number of hydrogen-bond donors (Lipinski definition) is 1. The van der Waals surface area contributed by atoms with E-state index in [1.807, 2.05) is 61.9 Å². The fourth-order valence-electron chi connectivity index (χ4n) is 3.39. The van der Waals surface area contributed by atoms with Gasteiger partial charge in [0.2, 0.25) is 0 Å². The molecule has 0 saturated heterocycles. The van der Waals surface area contributed by atoms with Gasteiger partial charge in [0.15, 0.2) is 0 Å². The van der Waals surface area contributed by atoms with E-state index in [4.69, 9.17) is 0 Å². The standard InChI is InChI=1S/C22H22N4OS/c1-15-9-10-23-26(15)19-7-4-6-18(13-19)24-22(27)21-12-16(2)25(17(21)3)14-20-8-5-11-28-20/h4-13H,14H2,1-3H3,(H,24,27). The molecule has 0 bridgehead atoms. The molecule has 0 aliphatic rings. The first-order chi connectivity index (χ1) is 13.5. The third-order valence-corrected chi connectivity index (χ3v) is 5.75. The van der Waals surface area contributed by atoms with Crippen LogP contribution in [0.2, 0.25) is 0 Å². The SMILES string of the molecule is Cc1ccnn1-c1cccc(NC(=O)c2cc(C)n(Cc3cccs3)c2C)c1. The van der Waals surface area contributed by atoms with Crippen molar-refractivity contribution in [1.29, 1.82) is 0 Å². The smallest absolute Gasteiger partial charge is 0.257 e. The van der Waals surface area contributed by atoms with Crippen LogP contribution >= 0.6 is 11.3 Å². The van der Waals surface area contributed by atoms with E-state index in [1.54, 1.807) is 17.5 Å². The number of amides is 1. The Hall–Kier alpha value is -3.12. The molecule has 1 N–H and O–H groups in total. The van der Waals surface area contributed by atoms with Gasteiger partial charge < -0.3 is 9.88 Å². The van der Waals surface area contributed by atoms with Crippen LogP contribution in [-0.4, -0.2) is 20.3 Å². The third-order valence-electron chi connectivity index (χ3n) is 4.89. The molecule has 0 saturated carbocycles. The number of hydrogen-bond acceptors (Lipinski definition) is 3. The van der Waals surface area contributed by atoms with Crippen molar-refractivity contribution in [2.75, 3.05) is 5.32 Å². The molecule has 0 spiro atoms. The Balaban J connectivity index is 1.57. The Morgan fingerprint density at radius 2 is 1.93 bits per heavy atom. The second-order valence-corrected chi connectivity index (χ2v) is 7.87. The summed E-state index contributed by atoms with van der Waals surface area (Å²) in [6.45, 7) is 6.83. The van der Waals surface area contributed by atoms with Crippen molar-refractivity contribution in [3.05, 3.63) is 87.6 Å². The minimum Gasteiger partial charge on any atom is -0.343 e. The molecule has 0 aliphatic carbocycles. The highest BCUT2D eigenvalue weighted by Crippen LogP contribution is 2.21. The van der Waals surface area contributed by atoms with E-state index < -0.39 is 0 Å². The number of aromatic nitrogens is 3. The summed E-state index contributed by atoms with van der Waals surface area (Å²) in [6.07, 6.45) is 1.77. The van der Waals surface area contributed by atoms with Gasteiger partial charge >= 0.3 is 0 Å². The van der Waals surface area contributed by atoms with Crippen LogP contribution in [0.4, 0.5) is 5.69 Å². The largest absolute Gasteiger partial charge is 0.343 e. The zero-order valence-electron chi connectivity index (χ0n) is 16.1. The van der Waals surface area contributed by atoms with Crippen molar-refractivity contribution in [3.8, 4) is 5.69 Å². The van der Waals surface area contributed by atoms with Crippen molar-refractivity contribution < 1.29 is 4.79 Å². The van der Waals surface area contributed by atoms with Crippen LogP contribution in [0.3, 0.4) is 0 Å².